The van der Waals surface area contributed by atoms with Crippen molar-refractivity contribution in [2.24, 2.45) is 11.8 Å². The number of ketones is 1. The first kappa shape index (κ1) is 32.2. The Hall–Kier alpha value is -3.33. The van der Waals surface area contributed by atoms with Crippen LogP contribution in [0.1, 0.15) is 68.3 Å². The maximum atomic E-state index is 14.7. The van der Waals surface area contributed by atoms with Crippen LogP contribution in [0.3, 0.4) is 0 Å². The Labute approximate surface area is 250 Å². The van der Waals surface area contributed by atoms with Crippen molar-refractivity contribution in [3.8, 4) is 12.8 Å². The van der Waals surface area contributed by atoms with E-state index in [0.29, 0.717) is 5.56 Å². The number of halogens is 2. The average Bonchev–Trinajstić information content (AvgIpc) is 3.37. The predicted molar refractivity (Wildman–Crippen MR) is 171 cm³/mol. The molecule has 0 bridgehead atoms. The molecule has 2 aliphatic carbocycles. The number of benzene rings is 2. The van der Waals surface area contributed by atoms with E-state index in [-0.39, 0.29) is 46.0 Å². The molecule has 0 radical (unpaired) electrons. The minimum atomic E-state index is -0.286. The molecule has 41 heavy (non-hydrogen) atoms. The second-order valence-corrected chi connectivity index (χ2v) is 11.7. The quantitative estimate of drug-likeness (QED) is 0.232. The SMILES string of the molecule is C#C.C=C(NC1C=C(C)C=CC1)C1C(c2cccc(Cl)c2F)CNC12CCC2.CNc1ccc(C(=O)C(C)C)cc1. The summed E-state index contributed by atoms with van der Waals surface area (Å²) in [6, 6.07) is 13.1. The van der Waals surface area contributed by atoms with E-state index < -0.39 is 0 Å². The molecule has 4 nitrogen and oxygen atoms in total. The summed E-state index contributed by atoms with van der Waals surface area (Å²) in [5.41, 5.74) is 4.85. The van der Waals surface area contributed by atoms with Gasteiger partial charge in [0.25, 0.3) is 0 Å². The predicted octanol–water partition coefficient (Wildman–Crippen LogP) is 7.90. The van der Waals surface area contributed by atoms with Crippen molar-refractivity contribution < 1.29 is 9.18 Å². The van der Waals surface area contributed by atoms with Crippen molar-refractivity contribution in [1.82, 2.24) is 10.6 Å². The van der Waals surface area contributed by atoms with Crippen LogP contribution < -0.4 is 16.0 Å². The van der Waals surface area contributed by atoms with Gasteiger partial charge in [0.1, 0.15) is 5.82 Å². The van der Waals surface area contributed by atoms with Gasteiger partial charge >= 0.3 is 0 Å². The molecule has 1 spiro atoms. The van der Waals surface area contributed by atoms with Gasteiger partial charge in [-0.15, -0.1) is 12.8 Å². The van der Waals surface area contributed by atoms with Gasteiger partial charge in [0.05, 0.1) is 5.02 Å². The van der Waals surface area contributed by atoms with E-state index in [0.717, 1.165) is 42.8 Å². The first-order valence-corrected chi connectivity index (χ1v) is 14.7. The molecule has 3 atom stereocenters. The molecule has 3 N–H and O–H groups in total. The van der Waals surface area contributed by atoms with Crippen molar-refractivity contribution in [1.29, 1.82) is 0 Å². The van der Waals surface area contributed by atoms with Crippen LogP contribution in [0.2, 0.25) is 5.02 Å². The highest BCUT2D eigenvalue weighted by molar-refractivity contribution is 6.30. The van der Waals surface area contributed by atoms with Crippen LogP contribution in [0.25, 0.3) is 0 Å². The Kier molecular flexibility index (Phi) is 11.4. The molecule has 3 unspecified atom stereocenters. The van der Waals surface area contributed by atoms with E-state index in [2.05, 4.69) is 60.5 Å². The topological polar surface area (TPSA) is 53.2 Å². The molecule has 1 saturated heterocycles. The highest BCUT2D eigenvalue weighted by Crippen LogP contribution is 2.51. The van der Waals surface area contributed by atoms with Crippen molar-refractivity contribution in [3.63, 3.8) is 0 Å². The summed E-state index contributed by atoms with van der Waals surface area (Å²) < 4.78 is 14.7. The van der Waals surface area contributed by atoms with Crippen LogP contribution in [-0.2, 0) is 0 Å². The highest BCUT2D eigenvalue weighted by Gasteiger charge is 2.53. The molecule has 2 fully saturated rings. The van der Waals surface area contributed by atoms with Gasteiger partial charge in [0.15, 0.2) is 5.78 Å². The molecule has 218 valence electrons. The first-order valence-electron chi connectivity index (χ1n) is 14.3. The standard InChI is InChI=1S/C22H26ClFN2.C11H15NO.C2H2/c1-14-6-3-7-16(12-14)26-15(2)20-18(13-25-22(20)10-5-11-22)17-8-4-9-19(23)21(17)24;1-8(2)11(13)9-4-6-10(12-3)7-5-9;1-2/h3-4,6,8-9,12,16,18,20,25-26H,2,5,7,10-11,13H2,1H3;4-8,12H,1-3H3;1-2H. The Balaban J connectivity index is 0.000000261. The van der Waals surface area contributed by atoms with Gasteiger partial charge in [0.2, 0.25) is 0 Å². The molecule has 5 rings (SSSR count). The molecule has 2 aromatic carbocycles. The molecule has 0 aromatic heterocycles. The van der Waals surface area contributed by atoms with Crippen LogP contribution in [0.4, 0.5) is 10.1 Å². The zero-order chi connectivity index (χ0) is 30.2. The Morgan fingerprint density at radius 1 is 1.17 bits per heavy atom. The molecular weight excluding hydrogens is 533 g/mol. The van der Waals surface area contributed by atoms with Crippen molar-refractivity contribution >= 4 is 23.1 Å². The van der Waals surface area contributed by atoms with Crippen LogP contribution >= 0.6 is 11.6 Å². The fraction of sp³-hybridized carbons (Fsp3) is 0.400. The molecule has 1 heterocycles. The summed E-state index contributed by atoms with van der Waals surface area (Å²) in [4.78, 5) is 11.5. The minimum absolute atomic E-state index is 0.0484. The number of rotatable bonds is 7. The minimum Gasteiger partial charge on any atom is -0.388 e. The lowest BCUT2D eigenvalue weighted by Crippen LogP contribution is -2.53. The average molecular weight is 576 g/mol. The van der Waals surface area contributed by atoms with E-state index in [1.807, 2.05) is 57.3 Å². The maximum Gasteiger partial charge on any atom is 0.165 e. The van der Waals surface area contributed by atoms with Crippen LogP contribution in [0.15, 0.2) is 78.5 Å². The summed E-state index contributed by atoms with van der Waals surface area (Å²) in [7, 11) is 1.86. The summed E-state index contributed by atoms with van der Waals surface area (Å²) in [5.74, 6) is 0.205. The number of anilines is 1. The third-order valence-electron chi connectivity index (χ3n) is 8.26. The van der Waals surface area contributed by atoms with Gasteiger partial charge in [0, 0.05) is 59.9 Å². The van der Waals surface area contributed by atoms with E-state index >= 15 is 0 Å². The number of hydrogen-bond acceptors (Lipinski definition) is 4. The zero-order valence-electron chi connectivity index (χ0n) is 24.6. The zero-order valence-corrected chi connectivity index (χ0v) is 25.4. The summed E-state index contributed by atoms with van der Waals surface area (Å²) >= 11 is 6.06. The number of Topliss-reactive ketones (excluding diaryl/α,β-unsaturated/α-hetero) is 1. The van der Waals surface area contributed by atoms with E-state index in [1.54, 1.807) is 6.07 Å². The fourth-order valence-electron chi connectivity index (χ4n) is 6.05. The molecule has 0 amide bonds. The Bertz CT molecular complexity index is 1290. The van der Waals surface area contributed by atoms with Gasteiger partial charge in [-0.2, -0.15) is 0 Å². The van der Waals surface area contributed by atoms with Gasteiger partial charge in [-0.1, -0.05) is 68.0 Å². The number of allylic oxidation sites excluding steroid dienone is 2. The number of nitrogens with one attached hydrogen (secondary N) is 3. The van der Waals surface area contributed by atoms with Gasteiger partial charge in [-0.05, 0) is 68.5 Å². The number of carbonyl (C=O) groups is 1. The normalized spacial score (nSPS) is 21.9. The van der Waals surface area contributed by atoms with Gasteiger partial charge in [-0.3, -0.25) is 4.79 Å². The van der Waals surface area contributed by atoms with Crippen LogP contribution in [-0.4, -0.2) is 31.0 Å². The number of hydrogen-bond donors (Lipinski definition) is 3. The van der Waals surface area contributed by atoms with Crippen LogP contribution in [0.5, 0.6) is 0 Å². The lowest BCUT2D eigenvalue weighted by atomic mass is 9.65. The molecule has 1 aliphatic heterocycles. The first-order chi connectivity index (χ1) is 19.6. The maximum absolute atomic E-state index is 14.7. The Morgan fingerprint density at radius 2 is 1.85 bits per heavy atom. The molecular formula is C35H43ClFN3O. The highest BCUT2D eigenvalue weighted by atomic mass is 35.5. The van der Waals surface area contributed by atoms with Crippen molar-refractivity contribution in [2.75, 3.05) is 18.9 Å². The number of carbonyl (C=O) groups excluding carboxylic acids is 1. The molecule has 2 aromatic rings. The second kappa shape index (κ2) is 14.5. The third-order valence-corrected chi connectivity index (χ3v) is 8.55. The number of terminal acetylenes is 1. The van der Waals surface area contributed by atoms with Gasteiger partial charge < -0.3 is 16.0 Å². The molecule has 1 saturated carbocycles. The molecule has 3 aliphatic rings. The van der Waals surface area contributed by atoms with Crippen molar-refractivity contribution in [2.45, 2.75) is 64.0 Å². The summed E-state index contributed by atoms with van der Waals surface area (Å²) in [6.07, 6.45) is 19.0. The lowest BCUT2D eigenvalue weighted by molar-refractivity contribution is 0.0939. The monoisotopic (exact) mass is 575 g/mol. The van der Waals surface area contributed by atoms with E-state index in [1.165, 1.54) is 12.0 Å². The second-order valence-electron chi connectivity index (χ2n) is 11.3. The van der Waals surface area contributed by atoms with Crippen LogP contribution in [0, 0.1) is 30.5 Å². The third kappa shape index (κ3) is 7.50. The lowest BCUT2D eigenvalue weighted by Gasteiger charge is -2.46. The fourth-order valence-corrected chi connectivity index (χ4v) is 6.23. The van der Waals surface area contributed by atoms with Crippen molar-refractivity contribution in [3.05, 3.63) is 101 Å². The smallest absolute Gasteiger partial charge is 0.165 e. The molecule has 6 heteroatoms. The largest absolute Gasteiger partial charge is 0.388 e. The summed E-state index contributed by atoms with van der Waals surface area (Å²) in [5, 5.41) is 10.5. The Morgan fingerprint density at radius 3 is 2.41 bits per heavy atom. The van der Waals surface area contributed by atoms with E-state index in [9.17, 15) is 9.18 Å². The van der Waals surface area contributed by atoms with E-state index in [4.69, 9.17) is 11.6 Å². The summed E-state index contributed by atoms with van der Waals surface area (Å²) in [6.45, 7) is 11.1. The van der Waals surface area contributed by atoms with Gasteiger partial charge in [-0.25, -0.2) is 4.39 Å².